The van der Waals surface area contributed by atoms with Crippen LogP contribution in [0.1, 0.15) is 0 Å². The number of hydrogen-bond acceptors (Lipinski definition) is 4. The van der Waals surface area contributed by atoms with E-state index >= 15 is 0 Å². The fourth-order valence-corrected chi connectivity index (χ4v) is 2.88. The summed E-state index contributed by atoms with van der Waals surface area (Å²) in [5, 5.41) is 8.00. The Morgan fingerprint density at radius 2 is 1.48 bits per heavy atom. The molecule has 0 radical (unpaired) electrons. The summed E-state index contributed by atoms with van der Waals surface area (Å²) >= 11 is 0. The summed E-state index contributed by atoms with van der Waals surface area (Å²) in [6, 6.07) is 16.5. The topological polar surface area (TPSA) is 76.7 Å². The molecule has 1 heterocycles. The monoisotopic (exact) mass is 367 g/mol. The van der Waals surface area contributed by atoms with E-state index in [4.69, 9.17) is 0 Å². The van der Waals surface area contributed by atoms with Crippen LogP contribution in [0.25, 0.3) is 0 Å². The lowest BCUT2D eigenvalue weighted by Crippen LogP contribution is -2.44. The van der Waals surface area contributed by atoms with Crippen LogP contribution in [0.15, 0.2) is 54.6 Å². The van der Waals surface area contributed by atoms with Crippen LogP contribution < -0.4 is 20.9 Å². The normalized spacial score (nSPS) is 14.5. The Hall–Kier alpha value is -3.06. The van der Waals surface area contributed by atoms with Gasteiger partial charge in [-0.3, -0.25) is 4.79 Å². The molecule has 0 spiro atoms. The lowest BCUT2D eigenvalue weighted by atomic mass is 10.2. The molecule has 2 aromatic carbocycles. The number of likely N-dealkylation sites (N-methyl/N-ethyl adjacent to an activating group) is 1. The van der Waals surface area contributed by atoms with Crippen molar-refractivity contribution in [1.29, 1.82) is 0 Å². The first-order valence-corrected chi connectivity index (χ1v) is 9.03. The Kier molecular flexibility index (Phi) is 6.27. The first kappa shape index (κ1) is 18.7. The Morgan fingerprint density at radius 3 is 2.15 bits per heavy atom. The zero-order valence-electron chi connectivity index (χ0n) is 15.4. The van der Waals surface area contributed by atoms with Gasteiger partial charge in [0.15, 0.2) is 0 Å². The maximum Gasteiger partial charge on any atom is 0.319 e. The molecule has 0 atom stereocenters. The Balaban J connectivity index is 1.43. The lowest BCUT2D eigenvalue weighted by molar-refractivity contribution is -0.115. The molecule has 3 rings (SSSR count). The zero-order chi connectivity index (χ0) is 19.1. The average Bonchev–Trinajstić information content (AvgIpc) is 2.68. The Morgan fingerprint density at radius 1 is 0.852 bits per heavy atom. The van der Waals surface area contributed by atoms with Gasteiger partial charge < -0.3 is 25.8 Å². The number of amides is 3. The van der Waals surface area contributed by atoms with E-state index in [1.165, 1.54) is 0 Å². The molecule has 1 aliphatic heterocycles. The van der Waals surface area contributed by atoms with Gasteiger partial charge in [-0.25, -0.2) is 4.79 Å². The van der Waals surface area contributed by atoms with E-state index in [-0.39, 0.29) is 12.5 Å². The zero-order valence-corrected chi connectivity index (χ0v) is 15.4. The van der Waals surface area contributed by atoms with Gasteiger partial charge in [0.2, 0.25) is 5.91 Å². The third-order valence-corrected chi connectivity index (χ3v) is 4.46. The Labute approximate surface area is 159 Å². The smallest absolute Gasteiger partial charge is 0.319 e. The lowest BCUT2D eigenvalue weighted by Gasteiger charge is -2.34. The highest BCUT2D eigenvalue weighted by Crippen LogP contribution is 2.19. The molecule has 7 nitrogen and oxygen atoms in total. The quantitative estimate of drug-likeness (QED) is 0.757. The standard InChI is InChI=1S/C20H25N5O2/c1-24-11-13-25(14-12-24)18-9-7-17(8-10-18)22-19(26)15-21-20(27)23-16-5-3-2-4-6-16/h2-10H,11-15H2,1H3,(H,22,26)(H2,21,23,27). The van der Waals surface area contributed by atoms with Crippen molar-refractivity contribution in [3.8, 4) is 0 Å². The van der Waals surface area contributed by atoms with Crippen molar-refractivity contribution in [3.63, 3.8) is 0 Å². The van der Waals surface area contributed by atoms with Crippen LogP contribution in [0.3, 0.4) is 0 Å². The third kappa shape index (κ3) is 5.72. The molecular weight excluding hydrogens is 342 g/mol. The molecule has 7 heteroatoms. The van der Waals surface area contributed by atoms with Crippen molar-refractivity contribution in [3.05, 3.63) is 54.6 Å². The number of nitrogens with one attached hydrogen (secondary N) is 3. The number of benzene rings is 2. The third-order valence-electron chi connectivity index (χ3n) is 4.46. The van der Waals surface area contributed by atoms with Crippen LogP contribution in [0, 0.1) is 0 Å². The van der Waals surface area contributed by atoms with Crippen molar-refractivity contribution >= 4 is 29.0 Å². The van der Waals surface area contributed by atoms with Crippen molar-refractivity contribution in [1.82, 2.24) is 10.2 Å². The minimum absolute atomic E-state index is 0.0983. The minimum atomic E-state index is -0.415. The number of urea groups is 1. The van der Waals surface area contributed by atoms with E-state index in [9.17, 15) is 9.59 Å². The predicted molar refractivity (Wildman–Crippen MR) is 108 cm³/mol. The summed E-state index contributed by atoms with van der Waals surface area (Å²) in [5.41, 5.74) is 2.54. The van der Waals surface area contributed by atoms with Gasteiger partial charge in [0, 0.05) is 43.2 Å². The molecule has 0 aromatic heterocycles. The molecular formula is C20H25N5O2. The number of rotatable bonds is 5. The fourth-order valence-electron chi connectivity index (χ4n) is 2.88. The van der Waals surface area contributed by atoms with Crippen LogP contribution in [0.5, 0.6) is 0 Å². The van der Waals surface area contributed by atoms with Crippen LogP contribution >= 0.6 is 0 Å². The highest BCUT2D eigenvalue weighted by Gasteiger charge is 2.14. The molecule has 1 saturated heterocycles. The van der Waals surface area contributed by atoms with Crippen molar-refractivity contribution in [2.24, 2.45) is 0 Å². The maximum absolute atomic E-state index is 12.0. The van der Waals surface area contributed by atoms with E-state index in [0.29, 0.717) is 11.4 Å². The number of nitrogens with zero attached hydrogens (tertiary/aromatic N) is 2. The van der Waals surface area contributed by atoms with Gasteiger partial charge in [0.25, 0.3) is 0 Å². The van der Waals surface area contributed by atoms with E-state index < -0.39 is 6.03 Å². The molecule has 3 amide bonds. The largest absolute Gasteiger partial charge is 0.369 e. The molecule has 1 aliphatic rings. The van der Waals surface area contributed by atoms with E-state index in [0.717, 1.165) is 31.9 Å². The molecule has 0 unspecified atom stereocenters. The van der Waals surface area contributed by atoms with Crippen LogP contribution in [-0.4, -0.2) is 56.6 Å². The van der Waals surface area contributed by atoms with Crippen LogP contribution in [0.4, 0.5) is 21.9 Å². The summed E-state index contributed by atoms with van der Waals surface area (Å²) in [6.07, 6.45) is 0. The summed E-state index contributed by atoms with van der Waals surface area (Å²) in [4.78, 5) is 28.5. The second-order valence-corrected chi connectivity index (χ2v) is 6.56. The van der Waals surface area contributed by atoms with E-state index in [1.807, 2.05) is 42.5 Å². The van der Waals surface area contributed by atoms with Gasteiger partial charge in [0.1, 0.15) is 0 Å². The highest BCUT2D eigenvalue weighted by atomic mass is 16.2. The Bertz CT molecular complexity index is 756. The van der Waals surface area contributed by atoms with Crippen molar-refractivity contribution < 1.29 is 9.59 Å². The van der Waals surface area contributed by atoms with Gasteiger partial charge >= 0.3 is 6.03 Å². The highest BCUT2D eigenvalue weighted by molar-refractivity contribution is 5.97. The van der Waals surface area contributed by atoms with Crippen LogP contribution in [0.2, 0.25) is 0 Å². The summed E-state index contributed by atoms with van der Waals surface area (Å²) in [6.45, 7) is 4.01. The summed E-state index contributed by atoms with van der Waals surface area (Å²) < 4.78 is 0. The van der Waals surface area contributed by atoms with Gasteiger partial charge in [0.05, 0.1) is 6.54 Å². The molecule has 3 N–H and O–H groups in total. The molecule has 2 aromatic rings. The predicted octanol–water partition coefficient (Wildman–Crippen LogP) is 2.20. The number of carbonyl (C=O) groups excluding carboxylic acids is 2. The second kappa shape index (κ2) is 9.05. The minimum Gasteiger partial charge on any atom is -0.369 e. The first-order valence-electron chi connectivity index (χ1n) is 9.03. The van der Waals surface area contributed by atoms with Gasteiger partial charge in [-0.05, 0) is 43.4 Å². The molecule has 0 aliphatic carbocycles. The summed E-state index contributed by atoms with van der Waals surface area (Å²) in [5.74, 6) is -0.273. The molecule has 0 saturated carbocycles. The van der Waals surface area contributed by atoms with Crippen molar-refractivity contribution in [2.45, 2.75) is 0 Å². The van der Waals surface area contributed by atoms with E-state index in [1.54, 1.807) is 12.1 Å². The number of anilines is 3. The average molecular weight is 367 g/mol. The number of piperazine rings is 1. The first-order chi connectivity index (χ1) is 13.1. The van der Waals surface area contributed by atoms with E-state index in [2.05, 4.69) is 32.8 Å². The number of carbonyl (C=O) groups is 2. The molecule has 0 bridgehead atoms. The van der Waals surface area contributed by atoms with Crippen molar-refractivity contribution in [2.75, 3.05) is 55.3 Å². The van der Waals surface area contributed by atoms with Gasteiger partial charge in [-0.1, -0.05) is 18.2 Å². The summed E-state index contributed by atoms with van der Waals surface area (Å²) in [7, 11) is 2.13. The number of hydrogen-bond donors (Lipinski definition) is 3. The van der Waals surface area contributed by atoms with Crippen LogP contribution in [-0.2, 0) is 4.79 Å². The molecule has 1 fully saturated rings. The maximum atomic E-state index is 12.0. The fraction of sp³-hybridized carbons (Fsp3) is 0.300. The second-order valence-electron chi connectivity index (χ2n) is 6.56. The molecule has 142 valence electrons. The van der Waals surface area contributed by atoms with Gasteiger partial charge in [-0.15, -0.1) is 0 Å². The SMILES string of the molecule is CN1CCN(c2ccc(NC(=O)CNC(=O)Nc3ccccc3)cc2)CC1. The molecule has 27 heavy (non-hydrogen) atoms. The van der Waals surface area contributed by atoms with Gasteiger partial charge in [-0.2, -0.15) is 0 Å². The number of para-hydroxylation sites is 1.